The normalized spacial score (nSPS) is 11.9. The summed E-state index contributed by atoms with van der Waals surface area (Å²) < 4.78 is 0. The molecule has 0 radical (unpaired) electrons. The van der Waals surface area contributed by atoms with Gasteiger partial charge in [-0.05, 0) is 154 Å². The quantitative estimate of drug-likeness (QED) is 0.111. The minimum Gasteiger partial charge on any atom is -0.0620 e. The highest BCUT2D eigenvalue weighted by Crippen LogP contribution is 2.53. The Hall–Kier alpha value is -3.39. The molecule has 6 aromatic rings. The fourth-order valence-electron chi connectivity index (χ4n) is 7.39. The molecule has 0 heterocycles. The molecule has 0 nitrogen and oxygen atoms in total. The van der Waals surface area contributed by atoms with Crippen LogP contribution in [-0.2, 0) is 0 Å². The van der Waals surface area contributed by atoms with Crippen LogP contribution in [0.2, 0.25) is 0 Å². The van der Waals surface area contributed by atoms with Crippen LogP contribution in [0, 0.1) is 47.0 Å². The second-order valence-corrected chi connectivity index (χ2v) is 20.7. The minimum absolute atomic E-state index is 0.0306. The molecule has 0 amide bonds. The molecule has 0 spiro atoms. The monoisotopic (exact) mass is 708 g/mol. The van der Waals surface area contributed by atoms with E-state index in [0.29, 0.717) is 0 Å². The summed E-state index contributed by atoms with van der Waals surface area (Å²) in [6.07, 6.45) is 3.43. The van der Waals surface area contributed by atoms with Crippen molar-refractivity contribution >= 4 is 55.6 Å². The lowest BCUT2D eigenvalue weighted by Gasteiger charge is -2.41. The average Bonchev–Trinajstić information content (AvgIpc) is 3.11. The molecule has 0 aliphatic heterocycles. The topological polar surface area (TPSA) is 0 Å². The van der Waals surface area contributed by atoms with E-state index in [9.17, 15) is 0 Å². The molecule has 0 fully saturated rings. The first-order chi connectivity index (χ1) is 24.1. The summed E-state index contributed by atoms with van der Waals surface area (Å²) in [7, 11) is -1.88. The molecule has 0 saturated heterocycles. The van der Waals surface area contributed by atoms with E-state index in [1.165, 1.54) is 65.2 Å². The largest absolute Gasteiger partial charge is 0.0620 e. The van der Waals surface area contributed by atoms with Crippen molar-refractivity contribution in [2.45, 2.75) is 48.5 Å². The van der Waals surface area contributed by atoms with Crippen molar-refractivity contribution in [3.63, 3.8) is 0 Å². The lowest BCUT2D eigenvalue weighted by atomic mass is 9.99. The maximum Gasteiger partial charge on any atom is -0.0166 e. The van der Waals surface area contributed by atoms with E-state index < -0.39 is 23.8 Å². The molecular formula is C47H51P3. The van der Waals surface area contributed by atoms with Gasteiger partial charge < -0.3 is 0 Å². The van der Waals surface area contributed by atoms with E-state index in [1.54, 1.807) is 0 Å². The minimum atomic E-state index is -0.627. The number of hydrogen-bond acceptors (Lipinski definition) is 0. The van der Waals surface area contributed by atoms with Crippen LogP contribution < -0.4 is 31.8 Å². The molecular weight excluding hydrogens is 657 g/mol. The van der Waals surface area contributed by atoms with Crippen LogP contribution in [-0.4, -0.2) is 18.5 Å². The zero-order chi connectivity index (χ0) is 35.3. The van der Waals surface area contributed by atoms with Crippen LogP contribution in [0.1, 0.15) is 40.3 Å². The first-order valence-corrected chi connectivity index (χ1v) is 22.4. The summed E-state index contributed by atoms with van der Waals surface area (Å²) in [6.45, 7) is 16.6. The fraction of sp³-hybridized carbons (Fsp3) is 0.234. The summed E-state index contributed by atoms with van der Waals surface area (Å²) in [5, 5.41) is 9.14. The maximum atomic E-state index is 2.66. The second kappa shape index (κ2) is 16.3. The highest BCUT2D eigenvalue weighted by molar-refractivity contribution is 7.75. The van der Waals surface area contributed by atoms with Crippen molar-refractivity contribution in [2.75, 3.05) is 18.5 Å². The Morgan fingerprint density at radius 1 is 0.300 bits per heavy atom. The molecule has 254 valence electrons. The predicted molar refractivity (Wildman–Crippen MR) is 228 cm³/mol. The van der Waals surface area contributed by atoms with Gasteiger partial charge in [0.2, 0.25) is 0 Å². The Morgan fingerprint density at radius 3 is 0.620 bits per heavy atom. The van der Waals surface area contributed by atoms with Gasteiger partial charge in [0, 0.05) is 0 Å². The first kappa shape index (κ1) is 36.4. The van der Waals surface area contributed by atoms with Crippen molar-refractivity contribution in [3.05, 3.63) is 179 Å². The van der Waals surface area contributed by atoms with Gasteiger partial charge in [0.15, 0.2) is 0 Å². The van der Waals surface area contributed by atoms with Crippen molar-refractivity contribution in [1.82, 2.24) is 0 Å². The molecule has 0 saturated carbocycles. The van der Waals surface area contributed by atoms with E-state index in [1.807, 2.05) is 0 Å². The Labute approximate surface area is 305 Å². The van der Waals surface area contributed by atoms with Gasteiger partial charge in [0.1, 0.15) is 0 Å². The highest BCUT2D eigenvalue weighted by Gasteiger charge is 2.38. The van der Waals surface area contributed by atoms with E-state index in [4.69, 9.17) is 0 Å². The summed E-state index contributed by atoms with van der Waals surface area (Å²) in [6, 6.07) is 55.2. The van der Waals surface area contributed by atoms with Crippen molar-refractivity contribution in [2.24, 2.45) is 5.41 Å². The summed E-state index contributed by atoms with van der Waals surface area (Å²) in [4.78, 5) is 0. The highest BCUT2D eigenvalue weighted by atomic mass is 31.1. The Bertz CT molecular complexity index is 1690. The molecule has 3 heteroatoms. The maximum absolute atomic E-state index is 2.66. The molecule has 0 aromatic heterocycles. The Balaban J connectivity index is 1.58. The molecule has 0 aliphatic carbocycles. The van der Waals surface area contributed by atoms with Crippen LogP contribution in [0.15, 0.2) is 146 Å². The van der Waals surface area contributed by atoms with E-state index in [2.05, 4.69) is 194 Å². The summed E-state index contributed by atoms with van der Waals surface area (Å²) in [5.41, 5.74) is 8.47. The predicted octanol–water partition coefficient (Wildman–Crippen LogP) is 10.2. The Kier molecular flexibility index (Phi) is 11.9. The van der Waals surface area contributed by atoms with Crippen LogP contribution in [0.3, 0.4) is 0 Å². The molecule has 50 heavy (non-hydrogen) atoms. The molecule has 6 aromatic carbocycles. The van der Waals surface area contributed by atoms with Gasteiger partial charge in [-0.25, -0.2) is 0 Å². The SMILES string of the molecule is Cc1ccccc1P(CC(C)(CP(c1ccccc1C)c1ccccc1C)CP(c1ccccc1C)c1ccccc1C)c1ccccc1C. The van der Waals surface area contributed by atoms with Crippen LogP contribution in [0.4, 0.5) is 0 Å². The zero-order valence-corrected chi connectivity index (χ0v) is 33.5. The van der Waals surface area contributed by atoms with Crippen LogP contribution >= 0.6 is 23.8 Å². The van der Waals surface area contributed by atoms with E-state index >= 15 is 0 Å². The van der Waals surface area contributed by atoms with Gasteiger partial charge >= 0.3 is 0 Å². The number of rotatable bonds is 12. The molecule has 0 aliphatic rings. The van der Waals surface area contributed by atoms with Gasteiger partial charge in [-0.1, -0.05) is 153 Å². The molecule has 0 atom stereocenters. The van der Waals surface area contributed by atoms with Crippen molar-refractivity contribution < 1.29 is 0 Å². The third kappa shape index (κ3) is 8.22. The summed E-state index contributed by atoms with van der Waals surface area (Å²) >= 11 is 0. The Morgan fingerprint density at radius 2 is 0.460 bits per heavy atom. The molecule has 0 unspecified atom stereocenters. The number of aryl methyl sites for hydroxylation is 6. The number of benzene rings is 6. The second-order valence-electron chi connectivity index (χ2n) is 14.3. The average molecular weight is 709 g/mol. The molecule has 0 bridgehead atoms. The lowest BCUT2D eigenvalue weighted by molar-refractivity contribution is 0.497. The van der Waals surface area contributed by atoms with Gasteiger partial charge in [-0.2, -0.15) is 0 Å². The van der Waals surface area contributed by atoms with Crippen molar-refractivity contribution in [3.8, 4) is 0 Å². The lowest BCUT2D eigenvalue weighted by Crippen LogP contribution is -2.38. The van der Waals surface area contributed by atoms with Gasteiger partial charge in [0.05, 0.1) is 0 Å². The van der Waals surface area contributed by atoms with Gasteiger partial charge in [0.25, 0.3) is 0 Å². The van der Waals surface area contributed by atoms with E-state index in [0.717, 1.165) is 18.5 Å². The smallest absolute Gasteiger partial charge is 0.0166 e. The third-order valence-electron chi connectivity index (χ3n) is 10.1. The standard InChI is InChI=1S/C47H51P3/c1-35-20-8-14-26-41(35)48(42-27-15-9-21-36(42)2)32-47(7,33-49(43-28-16-10-22-37(43)3)44-29-17-11-23-38(44)4)34-50(45-30-18-12-24-39(45)5)46-31-19-13-25-40(46)6/h8-31H,32-34H2,1-7H3. The molecule has 6 rings (SSSR count). The van der Waals surface area contributed by atoms with Gasteiger partial charge in [-0.3, -0.25) is 0 Å². The van der Waals surface area contributed by atoms with Crippen molar-refractivity contribution in [1.29, 1.82) is 0 Å². The van der Waals surface area contributed by atoms with E-state index in [-0.39, 0.29) is 5.41 Å². The van der Waals surface area contributed by atoms with Gasteiger partial charge in [-0.15, -0.1) is 0 Å². The third-order valence-corrected chi connectivity index (χ3v) is 19.8. The van der Waals surface area contributed by atoms with Crippen LogP contribution in [0.5, 0.6) is 0 Å². The number of hydrogen-bond donors (Lipinski definition) is 0. The molecule has 0 N–H and O–H groups in total. The zero-order valence-electron chi connectivity index (χ0n) is 30.8. The summed E-state index contributed by atoms with van der Waals surface area (Å²) in [5.74, 6) is 0. The first-order valence-electron chi connectivity index (χ1n) is 17.8. The fourth-order valence-corrected chi connectivity index (χ4v) is 17.3. The van der Waals surface area contributed by atoms with Crippen LogP contribution in [0.25, 0.3) is 0 Å².